The molecule has 0 aliphatic carbocycles. The van der Waals surface area contributed by atoms with Crippen LogP contribution in [-0.2, 0) is 0 Å². The number of benzene rings is 11. The van der Waals surface area contributed by atoms with Crippen molar-refractivity contribution < 1.29 is 0 Å². The van der Waals surface area contributed by atoms with Gasteiger partial charge < -0.3 is 13.7 Å². The van der Waals surface area contributed by atoms with Gasteiger partial charge in [-0.2, -0.15) is 0 Å². The monoisotopic (exact) mass is 956 g/mol. The third-order valence-electron chi connectivity index (χ3n) is 14.9. The Morgan fingerprint density at radius 2 is 0.440 bits per heavy atom. The van der Waals surface area contributed by atoms with E-state index < -0.39 is 0 Å². The van der Waals surface area contributed by atoms with Crippen LogP contribution in [0.25, 0.3) is 139 Å². The highest BCUT2D eigenvalue weighted by Gasteiger charge is 2.20. The molecule has 6 nitrogen and oxygen atoms in total. The fourth-order valence-electron chi connectivity index (χ4n) is 11.4. The average molecular weight is 957 g/mol. The second-order valence-electron chi connectivity index (χ2n) is 19.2. The van der Waals surface area contributed by atoms with Crippen molar-refractivity contribution in [3.63, 3.8) is 0 Å². The maximum absolute atomic E-state index is 5.18. The van der Waals surface area contributed by atoms with Gasteiger partial charge in [0.2, 0.25) is 0 Å². The molecule has 0 radical (unpaired) electrons. The number of hydrogen-bond acceptors (Lipinski definition) is 3. The first kappa shape index (κ1) is 42.5. The highest BCUT2D eigenvalue weighted by atomic mass is 15.0. The van der Waals surface area contributed by atoms with E-state index in [1.165, 1.54) is 54.4 Å². The van der Waals surface area contributed by atoms with E-state index in [2.05, 4.69) is 268 Å². The van der Waals surface area contributed by atoms with Crippen LogP contribution in [-0.4, -0.2) is 28.7 Å². The molecule has 0 N–H and O–H groups in total. The average Bonchev–Trinajstić information content (AvgIpc) is 4.13. The Balaban J connectivity index is 0.886. The number of nitrogens with zero attached hydrogens (tertiary/aromatic N) is 6. The van der Waals surface area contributed by atoms with Crippen LogP contribution in [0.3, 0.4) is 0 Å². The summed E-state index contributed by atoms with van der Waals surface area (Å²) in [5.74, 6) is 1.84. The van der Waals surface area contributed by atoms with Crippen molar-refractivity contribution in [1.82, 2.24) is 28.7 Å². The minimum absolute atomic E-state index is 0.606. The van der Waals surface area contributed by atoms with Crippen molar-refractivity contribution in [3.8, 4) is 73.5 Å². The topological polar surface area (TPSA) is 53.5 Å². The predicted molar refractivity (Wildman–Crippen MR) is 310 cm³/mol. The third kappa shape index (κ3) is 7.07. The van der Waals surface area contributed by atoms with Gasteiger partial charge >= 0.3 is 0 Å². The zero-order chi connectivity index (χ0) is 49.4. The van der Waals surface area contributed by atoms with Gasteiger partial charge in [-0.05, 0) is 107 Å². The Kier molecular flexibility index (Phi) is 9.78. The first-order chi connectivity index (χ1) is 37.2. The summed E-state index contributed by atoms with van der Waals surface area (Å²) in [6.07, 6.45) is 0. The first-order valence-electron chi connectivity index (χ1n) is 25.4. The Hall–Kier alpha value is -10.2. The molecule has 350 valence electrons. The van der Waals surface area contributed by atoms with Crippen molar-refractivity contribution in [2.75, 3.05) is 0 Å². The van der Waals surface area contributed by atoms with Gasteiger partial charge in [-0.3, -0.25) is 0 Å². The molecule has 0 aliphatic rings. The minimum Gasteiger partial charge on any atom is -0.309 e. The van der Waals surface area contributed by atoms with Gasteiger partial charge in [0.1, 0.15) is 0 Å². The van der Waals surface area contributed by atoms with Crippen LogP contribution >= 0.6 is 0 Å². The molecule has 4 aromatic heterocycles. The molecule has 0 unspecified atom stereocenters. The Morgan fingerprint density at radius 3 is 0.800 bits per heavy atom. The lowest BCUT2D eigenvalue weighted by Gasteiger charge is -2.12. The van der Waals surface area contributed by atoms with Crippen LogP contribution in [0.5, 0.6) is 0 Å². The molecule has 6 heteroatoms. The van der Waals surface area contributed by atoms with E-state index in [1.807, 2.05) is 12.1 Å². The van der Waals surface area contributed by atoms with E-state index in [1.54, 1.807) is 0 Å². The number of fused-ring (bicyclic) bond motifs is 9. The van der Waals surface area contributed by atoms with E-state index in [0.717, 1.165) is 67.0 Å². The fraction of sp³-hybridized carbons (Fsp3) is 0. The largest absolute Gasteiger partial charge is 0.309 e. The molecule has 75 heavy (non-hydrogen) atoms. The molecule has 15 rings (SSSR count). The summed E-state index contributed by atoms with van der Waals surface area (Å²) >= 11 is 0. The molecular formula is C69H44N6. The predicted octanol–water partition coefficient (Wildman–Crippen LogP) is 17.5. The van der Waals surface area contributed by atoms with E-state index >= 15 is 0 Å². The standard InChI is InChI=1S/C69H44N6/c1-3-15-45(16-4-1)47-27-31-49(32-28-47)67-70-68(50-33-29-48(30-34-50)46-17-5-2-6-18-46)72-69(71-67)51-35-37-52(38-36-51)73-65-41-39-53(74-61-23-11-7-19-55(61)56-20-8-12-24-62(56)74)43-59(65)60-44-54(40-42-66(60)73)75-63-25-13-9-21-57(63)58-22-10-14-26-64(58)75/h1-44H. The van der Waals surface area contributed by atoms with E-state index in [9.17, 15) is 0 Å². The lowest BCUT2D eigenvalue weighted by Crippen LogP contribution is -2.01. The summed E-state index contributed by atoms with van der Waals surface area (Å²) < 4.78 is 7.21. The Labute approximate surface area is 432 Å². The smallest absolute Gasteiger partial charge is 0.164 e. The summed E-state index contributed by atoms with van der Waals surface area (Å²) in [6.45, 7) is 0. The van der Waals surface area contributed by atoms with Crippen LogP contribution < -0.4 is 0 Å². The lowest BCUT2D eigenvalue weighted by molar-refractivity contribution is 1.07. The van der Waals surface area contributed by atoms with Gasteiger partial charge in [0, 0.05) is 66.1 Å². The molecule has 0 bridgehead atoms. The number of rotatable bonds is 8. The van der Waals surface area contributed by atoms with Crippen LogP contribution in [0.4, 0.5) is 0 Å². The number of para-hydroxylation sites is 4. The van der Waals surface area contributed by atoms with Gasteiger partial charge in [0.05, 0.1) is 33.1 Å². The molecule has 0 spiro atoms. The zero-order valence-corrected chi connectivity index (χ0v) is 40.6. The van der Waals surface area contributed by atoms with E-state index in [-0.39, 0.29) is 0 Å². The molecule has 15 aromatic rings. The summed E-state index contributed by atoms with van der Waals surface area (Å²) in [6, 6.07) is 95.3. The van der Waals surface area contributed by atoms with Crippen molar-refractivity contribution in [3.05, 3.63) is 267 Å². The molecule has 0 fully saturated rings. The SMILES string of the molecule is c1ccc(-c2ccc(-c3nc(-c4ccc(-c5ccccc5)cc4)nc(-c4ccc(-n5c6ccc(-n7c8ccccc8c8ccccc87)cc6c6cc(-n7c8ccccc8c8ccccc87)ccc65)cc4)n3)cc2)cc1. The van der Waals surface area contributed by atoms with Crippen molar-refractivity contribution in [2.24, 2.45) is 0 Å². The summed E-state index contributed by atoms with van der Waals surface area (Å²) in [4.78, 5) is 15.5. The van der Waals surface area contributed by atoms with Crippen LogP contribution in [0.2, 0.25) is 0 Å². The van der Waals surface area contributed by atoms with Crippen molar-refractivity contribution >= 4 is 65.4 Å². The van der Waals surface area contributed by atoms with Gasteiger partial charge in [-0.1, -0.05) is 182 Å². The fourth-order valence-corrected chi connectivity index (χ4v) is 11.4. The van der Waals surface area contributed by atoms with Gasteiger partial charge in [0.25, 0.3) is 0 Å². The minimum atomic E-state index is 0.606. The highest BCUT2D eigenvalue weighted by Crippen LogP contribution is 2.40. The number of aromatic nitrogens is 6. The molecule has 4 heterocycles. The highest BCUT2D eigenvalue weighted by molar-refractivity contribution is 6.14. The maximum atomic E-state index is 5.18. The molecular weight excluding hydrogens is 913 g/mol. The third-order valence-corrected chi connectivity index (χ3v) is 14.9. The zero-order valence-electron chi connectivity index (χ0n) is 40.6. The molecule has 0 amide bonds. The van der Waals surface area contributed by atoms with Crippen molar-refractivity contribution in [2.45, 2.75) is 0 Å². The summed E-state index contributed by atoms with van der Waals surface area (Å²) in [5, 5.41) is 7.29. The Bertz CT molecular complexity index is 4280. The molecule has 0 saturated carbocycles. The van der Waals surface area contributed by atoms with Gasteiger partial charge in [-0.15, -0.1) is 0 Å². The lowest BCUT2D eigenvalue weighted by atomic mass is 10.0. The second-order valence-corrected chi connectivity index (χ2v) is 19.2. The van der Waals surface area contributed by atoms with Crippen LogP contribution in [0, 0.1) is 0 Å². The molecule has 11 aromatic carbocycles. The molecule has 0 saturated heterocycles. The van der Waals surface area contributed by atoms with E-state index in [0.29, 0.717) is 17.5 Å². The Morgan fingerprint density at radius 1 is 0.187 bits per heavy atom. The van der Waals surface area contributed by atoms with Crippen LogP contribution in [0.1, 0.15) is 0 Å². The van der Waals surface area contributed by atoms with Gasteiger partial charge in [0.15, 0.2) is 17.5 Å². The maximum Gasteiger partial charge on any atom is 0.164 e. The van der Waals surface area contributed by atoms with Crippen molar-refractivity contribution in [1.29, 1.82) is 0 Å². The second kappa shape index (κ2) is 17.3. The van der Waals surface area contributed by atoms with Crippen LogP contribution in [0.15, 0.2) is 267 Å². The molecule has 0 aliphatic heterocycles. The number of hydrogen-bond donors (Lipinski definition) is 0. The first-order valence-corrected chi connectivity index (χ1v) is 25.4. The van der Waals surface area contributed by atoms with Gasteiger partial charge in [-0.25, -0.2) is 15.0 Å². The summed E-state index contributed by atoms with van der Waals surface area (Å²) in [7, 11) is 0. The quantitative estimate of drug-likeness (QED) is 0.152. The van der Waals surface area contributed by atoms with E-state index in [4.69, 9.17) is 15.0 Å². The normalized spacial score (nSPS) is 11.7. The summed E-state index contributed by atoms with van der Waals surface area (Å²) in [5.41, 5.74) is 17.6. The molecule has 0 atom stereocenters.